The summed E-state index contributed by atoms with van der Waals surface area (Å²) in [5, 5.41) is 3.03. The summed E-state index contributed by atoms with van der Waals surface area (Å²) in [6.45, 7) is 3.13. The van der Waals surface area contributed by atoms with Crippen LogP contribution in [0.25, 0.3) is 11.1 Å². The first-order valence-electron chi connectivity index (χ1n) is 11.1. The Hall–Kier alpha value is -3.71. The molecule has 1 atom stereocenters. The van der Waals surface area contributed by atoms with E-state index in [0.29, 0.717) is 41.4 Å². The molecule has 7 nitrogen and oxygen atoms in total. The molecule has 0 radical (unpaired) electrons. The van der Waals surface area contributed by atoms with E-state index in [0.717, 1.165) is 16.7 Å². The van der Waals surface area contributed by atoms with E-state index in [2.05, 4.69) is 10.3 Å². The molecule has 2 aromatic carbocycles. The second-order valence-corrected chi connectivity index (χ2v) is 8.80. The minimum Gasteiger partial charge on any atom is -0.449 e. The van der Waals surface area contributed by atoms with Crippen LogP contribution in [0, 0.1) is 0 Å². The quantitative estimate of drug-likeness (QED) is 0.575. The number of pyridine rings is 1. The number of carbonyl (C=O) groups is 3. The van der Waals surface area contributed by atoms with E-state index in [1.54, 1.807) is 53.6 Å². The number of likely N-dealkylation sites (tertiary alicyclic amines) is 1. The van der Waals surface area contributed by atoms with Crippen LogP contribution in [-0.4, -0.2) is 47.3 Å². The summed E-state index contributed by atoms with van der Waals surface area (Å²) in [4.78, 5) is 43.4. The van der Waals surface area contributed by atoms with Gasteiger partial charge in [-0.3, -0.25) is 14.6 Å². The Bertz CT molecular complexity index is 1310. The number of nitrogens with one attached hydrogen (secondary N) is 1. The predicted octanol–water partition coefficient (Wildman–Crippen LogP) is 4.06. The van der Waals surface area contributed by atoms with Gasteiger partial charge in [0.1, 0.15) is 5.69 Å². The van der Waals surface area contributed by atoms with Gasteiger partial charge in [0.25, 0.3) is 11.8 Å². The number of rotatable bonds is 4. The van der Waals surface area contributed by atoms with Crippen molar-refractivity contribution >= 4 is 29.4 Å². The van der Waals surface area contributed by atoms with Crippen LogP contribution in [0.15, 0.2) is 60.8 Å². The monoisotopic (exact) mass is 475 g/mol. The Morgan fingerprint density at radius 3 is 2.68 bits per heavy atom. The number of benzene rings is 2. The number of ether oxygens (including phenoxy) is 1. The second kappa shape index (κ2) is 8.57. The maximum absolute atomic E-state index is 13.3. The van der Waals surface area contributed by atoms with Gasteiger partial charge < -0.3 is 15.0 Å². The van der Waals surface area contributed by atoms with Crippen molar-refractivity contribution in [3.63, 3.8) is 0 Å². The molecule has 172 valence electrons. The van der Waals surface area contributed by atoms with Crippen LogP contribution in [0.4, 0.5) is 0 Å². The molecule has 8 heteroatoms. The lowest BCUT2D eigenvalue weighted by Crippen LogP contribution is -2.34. The third kappa shape index (κ3) is 3.72. The summed E-state index contributed by atoms with van der Waals surface area (Å²) in [7, 11) is 0. The fourth-order valence-corrected chi connectivity index (χ4v) is 4.85. The molecule has 2 aliphatic rings. The van der Waals surface area contributed by atoms with Crippen molar-refractivity contribution < 1.29 is 19.1 Å². The van der Waals surface area contributed by atoms with Crippen LogP contribution in [0.5, 0.6) is 0 Å². The van der Waals surface area contributed by atoms with Gasteiger partial charge in [0.15, 0.2) is 5.60 Å². The van der Waals surface area contributed by atoms with Crippen LogP contribution in [0.2, 0.25) is 5.02 Å². The van der Waals surface area contributed by atoms with Gasteiger partial charge >= 0.3 is 5.97 Å². The molecule has 1 spiro atoms. The lowest BCUT2D eigenvalue weighted by atomic mass is 9.91. The highest BCUT2D eigenvalue weighted by molar-refractivity contribution is 6.34. The number of carbonyl (C=O) groups excluding carboxylic acids is 3. The minimum absolute atomic E-state index is 0.210. The molecule has 34 heavy (non-hydrogen) atoms. The first kappa shape index (κ1) is 22.1. The number of esters is 1. The summed E-state index contributed by atoms with van der Waals surface area (Å²) in [5.41, 5.74) is 2.88. The number of hydrogen-bond donors (Lipinski definition) is 1. The van der Waals surface area contributed by atoms with Gasteiger partial charge in [0, 0.05) is 36.8 Å². The van der Waals surface area contributed by atoms with E-state index in [9.17, 15) is 14.4 Å². The van der Waals surface area contributed by atoms with Gasteiger partial charge in [-0.25, -0.2) is 4.79 Å². The first-order valence-corrected chi connectivity index (χ1v) is 11.5. The molecule has 1 fully saturated rings. The Kier molecular flexibility index (Phi) is 5.57. The highest BCUT2D eigenvalue weighted by Gasteiger charge is 2.51. The summed E-state index contributed by atoms with van der Waals surface area (Å²) in [6.07, 6.45) is 2.15. The lowest BCUT2D eigenvalue weighted by Gasteiger charge is -2.24. The topological polar surface area (TPSA) is 88.6 Å². The molecule has 0 unspecified atom stereocenters. The molecule has 3 aromatic rings. The van der Waals surface area contributed by atoms with Gasteiger partial charge in [0.2, 0.25) is 0 Å². The summed E-state index contributed by atoms with van der Waals surface area (Å²) < 4.78 is 5.74. The van der Waals surface area contributed by atoms with Crippen molar-refractivity contribution in [3.8, 4) is 11.1 Å². The van der Waals surface area contributed by atoms with Crippen molar-refractivity contribution in [2.24, 2.45) is 0 Å². The number of nitrogens with zero attached hydrogens (tertiary/aromatic N) is 2. The summed E-state index contributed by atoms with van der Waals surface area (Å²) in [6, 6.07) is 16.0. The zero-order valence-corrected chi connectivity index (χ0v) is 19.3. The summed E-state index contributed by atoms with van der Waals surface area (Å²) in [5.74, 6) is -0.787. The lowest BCUT2D eigenvalue weighted by molar-refractivity contribution is -0.00306. The van der Waals surface area contributed by atoms with Crippen molar-refractivity contribution in [2.45, 2.75) is 18.9 Å². The third-order valence-electron chi connectivity index (χ3n) is 6.31. The SMILES string of the molecule is CCNC(=O)c1ccc(-c2ccc(C(=O)N3CC[C@@]4(C3)OC(=O)c3ccccc34)c(Cl)c2)cn1. The van der Waals surface area contributed by atoms with Crippen molar-refractivity contribution in [1.82, 2.24) is 15.2 Å². The first-order chi connectivity index (χ1) is 16.4. The van der Waals surface area contributed by atoms with Crippen LogP contribution in [-0.2, 0) is 10.3 Å². The molecular weight excluding hydrogens is 454 g/mol. The van der Waals surface area contributed by atoms with Gasteiger partial charge in [-0.05, 0) is 36.8 Å². The average molecular weight is 476 g/mol. The molecule has 0 bridgehead atoms. The number of amides is 2. The second-order valence-electron chi connectivity index (χ2n) is 8.39. The van der Waals surface area contributed by atoms with Crippen molar-refractivity contribution in [1.29, 1.82) is 0 Å². The Morgan fingerprint density at radius 1 is 1.15 bits per heavy atom. The number of hydrogen-bond acceptors (Lipinski definition) is 5. The Morgan fingerprint density at radius 2 is 1.94 bits per heavy atom. The highest BCUT2D eigenvalue weighted by Crippen LogP contribution is 2.43. The Labute approximate surface area is 201 Å². The van der Waals surface area contributed by atoms with Crippen LogP contribution in [0.3, 0.4) is 0 Å². The van der Waals surface area contributed by atoms with Crippen LogP contribution < -0.4 is 5.32 Å². The average Bonchev–Trinajstić information content (AvgIpc) is 3.40. The zero-order valence-electron chi connectivity index (χ0n) is 18.5. The van der Waals surface area contributed by atoms with E-state index < -0.39 is 5.60 Å². The molecule has 1 N–H and O–H groups in total. The van der Waals surface area contributed by atoms with Gasteiger partial charge in [-0.2, -0.15) is 0 Å². The molecule has 5 rings (SSSR count). The van der Waals surface area contributed by atoms with Gasteiger partial charge in [-0.1, -0.05) is 41.9 Å². The van der Waals surface area contributed by atoms with Gasteiger partial charge in [-0.15, -0.1) is 0 Å². The molecule has 2 aliphatic heterocycles. The van der Waals surface area contributed by atoms with E-state index in [1.165, 1.54) is 0 Å². The number of halogens is 1. The largest absolute Gasteiger partial charge is 0.449 e. The predicted molar refractivity (Wildman–Crippen MR) is 127 cm³/mol. The van der Waals surface area contributed by atoms with E-state index in [-0.39, 0.29) is 24.3 Å². The smallest absolute Gasteiger partial charge is 0.339 e. The molecular formula is C26H22ClN3O4. The third-order valence-corrected chi connectivity index (χ3v) is 6.62. The van der Waals surface area contributed by atoms with E-state index in [1.807, 2.05) is 19.1 Å². The summed E-state index contributed by atoms with van der Waals surface area (Å²) >= 11 is 6.51. The number of fused-ring (bicyclic) bond motifs is 2. The molecule has 3 heterocycles. The molecule has 2 amide bonds. The van der Waals surface area contributed by atoms with Crippen molar-refractivity contribution in [3.05, 3.63) is 88.2 Å². The van der Waals surface area contributed by atoms with E-state index in [4.69, 9.17) is 16.3 Å². The fourth-order valence-electron chi connectivity index (χ4n) is 4.59. The molecule has 1 aromatic heterocycles. The van der Waals surface area contributed by atoms with E-state index >= 15 is 0 Å². The zero-order chi connectivity index (χ0) is 23.9. The maximum atomic E-state index is 13.3. The molecule has 0 aliphatic carbocycles. The highest BCUT2D eigenvalue weighted by atomic mass is 35.5. The fraction of sp³-hybridized carbons (Fsp3) is 0.231. The molecule has 0 saturated carbocycles. The Balaban J connectivity index is 1.34. The van der Waals surface area contributed by atoms with Crippen molar-refractivity contribution in [2.75, 3.05) is 19.6 Å². The number of aromatic nitrogens is 1. The molecule has 1 saturated heterocycles. The maximum Gasteiger partial charge on any atom is 0.339 e. The van der Waals surface area contributed by atoms with Gasteiger partial charge in [0.05, 0.1) is 22.7 Å². The normalized spacial score (nSPS) is 18.6. The minimum atomic E-state index is -0.798. The van der Waals surface area contributed by atoms with Crippen LogP contribution >= 0.6 is 11.6 Å². The standard InChI is InChI=1S/C26H22ClN3O4/c1-2-28-23(31)22-10-8-17(14-29-22)16-7-9-19(21(27)13-16)24(32)30-12-11-26(15-30)20-6-4-3-5-18(20)25(33)34-26/h3-10,13-14H,2,11-12,15H2,1H3,(H,28,31)/t26-/m0/s1. The van der Waals surface area contributed by atoms with Crippen LogP contribution in [0.1, 0.15) is 50.1 Å².